The van der Waals surface area contributed by atoms with Crippen molar-refractivity contribution in [3.63, 3.8) is 0 Å². The van der Waals surface area contributed by atoms with Gasteiger partial charge >= 0.3 is 0 Å². The van der Waals surface area contributed by atoms with Crippen molar-refractivity contribution in [1.29, 1.82) is 0 Å². The predicted molar refractivity (Wildman–Crippen MR) is 45.4 cm³/mol. The van der Waals surface area contributed by atoms with Gasteiger partial charge in [0.2, 0.25) is 0 Å². The molecule has 1 atom stereocenters. The molecule has 10 heavy (non-hydrogen) atoms. The van der Waals surface area contributed by atoms with Crippen LogP contribution in [0.2, 0.25) is 0 Å². The quantitative estimate of drug-likeness (QED) is 0.547. The van der Waals surface area contributed by atoms with Crippen molar-refractivity contribution in [2.45, 2.75) is 13.0 Å². The second-order valence-electron chi connectivity index (χ2n) is 2.29. The summed E-state index contributed by atoms with van der Waals surface area (Å²) in [6.07, 6.45) is 5.64. The summed E-state index contributed by atoms with van der Waals surface area (Å²) in [5.41, 5.74) is 2.06. The first-order valence-corrected chi connectivity index (χ1v) is 3.33. The highest BCUT2D eigenvalue weighted by atomic mass is 14.8. The standard InChI is InChI=1S/C9H11N/c1-4-8-6-7(3)10-9(8)5-2/h4-7H,1-2H2,3H3. The summed E-state index contributed by atoms with van der Waals surface area (Å²) in [5, 5.41) is 0. The third kappa shape index (κ3) is 1.08. The number of hydrogen-bond acceptors (Lipinski definition) is 1. The Labute approximate surface area is 61.5 Å². The largest absolute Gasteiger partial charge is 0.278 e. The molecule has 0 saturated carbocycles. The molecule has 52 valence electrons. The van der Waals surface area contributed by atoms with E-state index in [9.17, 15) is 0 Å². The van der Waals surface area contributed by atoms with Gasteiger partial charge in [0.1, 0.15) is 0 Å². The molecule has 0 bridgehead atoms. The summed E-state index contributed by atoms with van der Waals surface area (Å²) in [6.45, 7) is 9.38. The maximum Gasteiger partial charge on any atom is 0.0668 e. The molecule has 0 amide bonds. The highest BCUT2D eigenvalue weighted by Gasteiger charge is 2.09. The Bertz CT molecular complexity index is 197. The van der Waals surface area contributed by atoms with E-state index in [0.29, 0.717) is 6.04 Å². The van der Waals surface area contributed by atoms with E-state index in [0.717, 1.165) is 11.3 Å². The number of rotatable bonds is 2. The lowest BCUT2D eigenvalue weighted by Crippen LogP contribution is -1.90. The average molecular weight is 133 g/mol. The molecular weight excluding hydrogens is 122 g/mol. The van der Waals surface area contributed by atoms with E-state index in [1.165, 1.54) is 0 Å². The van der Waals surface area contributed by atoms with Gasteiger partial charge in [-0.15, -0.1) is 0 Å². The van der Waals surface area contributed by atoms with E-state index in [1.807, 2.05) is 13.0 Å². The molecule has 0 aliphatic carbocycles. The summed E-state index contributed by atoms with van der Waals surface area (Å²) in [6, 6.07) is 0.293. The molecule has 1 aliphatic rings. The zero-order valence-electron chi connectivity index (χ0n) is 6.17. The maximum atomic E-state index is 4.29. The molecule has 1 heterocycles. The van der Waals surface area contributed by atoms with Gasteiger partial charge in [0.25, 0.3) is 0 Å². The fraction of sp³-hybridized carbons (Fsp3) is 0.222. The second kappa shape index (κ2) is 2.65. The fourth-order valence-corrected chi connectivity index (χ4v) is 1.02. The minimum absolute atomic E-state index is 0.293. The Morgan fingerprint density at radius 2 is 2.20 bits per heavy atom. The van der Waals surface area contributed by atoms with Gasteiger partial charge in [0.15, 0.2) is 0 Å². The van der Waals surface area contributed by atoms with Crippen LogP contribution < -0.4 is 0 Å². The minimum atomic E-state index is 0.293. The van der Waals surface area contributed by atoms with Crippen molar-refractivity contribution in [2.24, 2.45) is 4.99 Å². The molecule has 0 spiro atoms. The fourth-order valence-electron chi connectivity index (χ4n) is 1.02. The van der Waals surface area contributed by atoms with Crippen LogP contribution in [0.15, 0.2) is 42.0 Å². The molecule has 1 rings (SSSR count). The summed E-state index contributed by atoms with van der Waals surface area (Å²) in [5.74, 6) is 0. The first kappa shape index (κ1) is 7.00. The second-order valence-corrected chi connectivity index (χ2v) is 2.29. The maximum absolute atomic E-state index is 4.29. The van der Waals surface area contributed by atoms with Gasteiger partial charge < -0.3 is 0 Å². The van der Waals surface area contributed by atoms with Crippen LogP contribution in [0, 0.1) is 0 Å². The van der Waals surface area contributed by atoms with Crippen molar-refractivity contribution in [3.05, 3.63) is 37.0 Å². The van der Waals surface area contributed by atoms with E-state index < -0.39 is 0 Å². The highest BCUT2D eigenvalue weighted by Crippen LogP contribution is 2.13. The first-order chi connectivity index (χ1) is 4.77. The molecule has 1 aliphatic heterocycles. The van der Waals surface area contributed by atoms with E-state index >= 15 is 0 Å². The van der Waals surface area contributed by atoms with Crippen LogP contribution in [0.1, 0.15) is 6.92 Å². The number of hydrogen-bond donors (Lipinski definition) is 0. The van der Waals surface area contributed by atoms with E-state index in [1.54, 1.807) is 6.08 Å². The lowest BCUT2D eigenvalue weighted by atomic mass is 10.1. The zero-order valence-corrected chi connectivity index (χ0v) is 6.17. The number of nitrogens with zero attached hydrogens (tertiary/aromatic N) is 1. The Morgan fingerprint density at radius 1 is 1.50 bits per heavy atom. The monoisotopic (exact) mass is 133 g/mol. The molecule has 1 unspecified atom stereocenters. The van der Waals surface area contributed by atoms with Crippen LogP contribution in [0.3, 0.4) is 0 Å². The van der Waals surface area contributed by atoms with Gasteiger partial charge in [-0.25, -0.2) is 0 Å². The smallest absolute Gasteiger partial charge is 0.0668 e. The average Bonchev–Trinajstić information content (AvgIpc) is 2.30. The molecule has 0 aromatic rings. The minimum Gasteiger partial charge on any atom is -0.278 e. The third-order valence-electron chi connectivity index (χ3n) is 1.47. The third-order valence-corrected chi connectivity index (χ3v) is 1.47. The lowest BCUT2D eigenvalue weighted by molar-refractivity contribution is 0.947. The zero-order chi connectivity index (χ0) is 7.56. The molecule has 1 nitrogen and oxygen atoms in total. The number of allylic oxidation sites excluding steroid dienone is 3. The molecule has 0 aromatic heterocycles. The predicted octanol–water partition coefficient (Wildman–Crippen LogP) is 2.13. The molecule has 0 radical (unpaired) electrons. The molecule has 0 N–H and O–H groups in total. The van der Waals surface area contributed by atoms with Crippen molar-refractivity contribution >= 4 is 5.71 Å². The molecule has 0 saturated heterocycles. The van der Waals surface area contributed by atoms with Gasteiger partial charge in [0.05, 0.1) is 11.8 Å². The normalized spacial score (nSPS) is 23.5. The highest BCUT2D eigenvalue weighted by molar-refractivity contribution is 6.11. The summed E-state index contributed by atoms with van der Waals surface area (Å²) in [4.78, 5) is 4.29. The molecule has 1 heteroatoms. The summed E-state index contributed by atoms with van der Waals surface area (Å²) < 4.78 is 0. The first-order valence-electron chi connectivity index (χ1n) is 3.33. The van der Waals surface area contributed by atoms with E-state index in [2.05, 4.69) is 24.2 Å². The van der Waals surface area contributed by atoms with Crippen LogP contribution in [0.4, 0.5) is 0 Å². The van der Waals surface area contributed by atoms with Gasteiger partial charge in [-0.1, -0.05) is 25.3 Å². The van der Waals surface area contributed by atoms with Crippen molar-refractivity contribution in [1.82, 2.24) is 0 Å². The SMILES string of the molecule is C=CC1=CC(C)N=C1C=C. The van der Waals surface area contributed by atoms with E-state index in [-0.39, 0.29) is 0 Å². The van der Waals surface area contributed by atoms with Crippen molar-refractivity contribution in [3.8, 4) is 0 Å². The molecule has 0 fully saturated rings. The van der Waals surface area contributed by atoms with Crippen molar-refractivity contribution in [2.75, 3.05) is 0 Å². The lowest BCUT2D eigenvalue weighted by Gasteiger charge is -1.90. The summed E-state index contributed by atoms with van der Waals surface area (Å²) >= 11 is 0. The van der Waals surface area contributed by atoms with Crippen LogP contribution in [0.25, 0.3) is 0 Å². The Hall–Kier alpha value is -1.11. The van der Waals surface area contributed by atoms with Crippen molar-refractivity contribution < 1.29 is 0 Å². The molecular formula is C9H11N. The van der Waals surface area contributed by atoms with E-state index in [4.69, 9.17) is 0 Å². The van der Waals surface area contributed by atoms with Crippen LogP contribution in [-0.4, -0.2) is 11.8 Å². The Kier molecular flexibility index (Phi) is 1.86. The van der Waals surface area contributed by atoms with Gasteiger partial charge in [-0.2, -0.15) is 0 Å². The van der Waals surface area contributed by atoms with Crippen LogP contribution >= 0.6 is 0 Å². The number of aliphatic imine (C=N–C) groups is 1. The topological polar surface area (TPSA) is 12.4 Å². The van der Waals surface area contributed by atoms with Gasteiger partial charge in [-0.3, -0.25) is 4.99 Å². The Morgan fingerprint density at radius 3 is 2.60 bits per heavy atom. The van der Waals surface area contributed by atoms with Gasteiger partial charge in [-0.05, 0) is 18.6 Å². The van der Waals surface area contributed by atoms with Crippen LogP contribution in [-0.2, 0) is 0 Å². The Balaban J connectivity index is 2.93. The van der Waals surface area contributed by atoms with Gasteiger partial charge in [0, 0.05) is 0 Å². The molecule has 0 aromatic carbocycles. The summed E-state index contributed by atoms with van der Waals surface area (Å²) in [7, 11) is 0. The van der Waals surface area contributed by atoms with Crippen LogP contribution in [0.5, 0.6) is 0 Å².